The average molecular weight is 624 g/mol. The van der Waals surface area contributed by atoms with Crippen LogP contribution in [0.2, 0.25) is 0 Å². The Morgan fingerprint density at radius 1 is 0.822 bits per heavy atom. The Labute approximate surface area is 274 Å². The summed E-state index contributed by atoms with van der Waals surface area (Å²) in [5, 5.41) is 0. The Kier molecular flexibility index (Phi) is 10.4. The van der Waals surface area contributed by atoms with Crippen LogP contribution in [-0.2, 0) is 0 Å². The SMILES string of the molecule is CCN(CCCCN1CCN(c2cccc(C)c2C)CC1C)c1nc(C)nc2c1nc(-c1ccccc1)n2-c1ccccc1.Cl. The Morgan fingerprint density at radius 2 is 1.56 bits per heavy atom. The quantitative estimate of drug-likeness (QED) is 0.149. The number of aryl methyl sites for hydroxylation is 2. The molecule has 0 saturated carbocycles. The standard InChI is InChI=1S/C37H45N7.ClH/c1-6-41(22-13-14-23-42-24-25-43(26-28(42)3)33-21-15-16-27(2)29(33)4)36-34-37(39-30(5)38-36)44(32-19-11-8-12-20-32)35(40-34)31-17-9-7-10-18-31;/h7-12,15-21,28H,6,13-14,22-26H2,1-5H3;1H. The molecule has 3 heterocycles. The molecule has 7 nitrogen and oxygen atoms in total. The molecule has 1 saturated heterocycles. The molecular weight excluding hydrogens is 578 g/mol. The third kappa shape index (κ3) is 6.85. The number of para-hydroxylation sites is 1. The minimum atomic E-state index is 0. The molecule has 1 fully saturated rings. The van der Waals surface area contributed by atoms with Gasteiger partial charge in [0.15, 0.2) is 17.0 Å². The summed E-state index contributed by atoms with van der Waals surface area (Å²) in [6, 6.07) is 28.0. The fraction of sp³-hybridized carbons (Fsp3) is 0.378. The first-order valence-electron chi connectivity index (χ1n) is 16.1. The molecular formula is C37H46ClN7. The van der Waals surface area contributed by atoms with Crippen molar-refractivity contribution in [3.63, 3.8) is 0 Å². The van der Waals surface area contributed by atoms with Gasteiger partial charge >= 0.3 is 0 Å². The Bertz CT molecular complexity index is 1700. The number of benzene rings is 3. The second kappa shape index (κ2) is 14.4. The van der Waals surface area contributed by atoms with Crippen LogP contribution >= 0.6 is 12.4 Å². The van der Waals surface area contributed by atoms with E-state index in [4.69, 9.17) is 15.0 Å². The van der Waals surface area contributed by atoms with Gasteiger partial charge in [-0.2, -0.15) is 0 Å². The molecule has 0 spiro atoms. The summed E-state index contributed by atoms with van der Waals surface area (Å²) in [4.78, 5) is 22.7. The lowest BCUT2D eigenvalue weighted by Crippen LogP contribution is -2.52. The zero-order chi connectivity index (χ0) is 30.6. The van der Waals surface area contributed by atoms with Crippen LogP contribution in [-0.4, -0.2) is 69.7 Å². The van der Waals surface area contributed by atoms with Crippen molar-refractivity contribution >= 4 is 35.1 Å². The largest absolute Gasteiger partial charge is 0.368 e. The number of rotatable bonds is 10. The van der Waals surface area contributed by atoms with E-state index in [9.17, 15) is 0 Å². The van der Waals surface area contributed by atoms with Crippen molar-refractivity contribution in [2.75, 3.05) is 49.1 Å². The first-order chi connectivity index (χ1) is 21.4. The van der Waals surface area contributed by atoms with Crippen molar-refractivity contribution in [1.82, 2.24) is 24.4 Å². The molecule has 1 aliphatic heterocycles. The number of nitrogens with zero attached hydrogens (tertiary/aromatic N) is 7. The second-order valence-electron chi connectivity index (χ2n) is 12.1. The van der Waals surface area contributed by atoms with Crippen molar-refractivity contribution in [2.24, 2.45) is 0 Å². The molecule has 1 unspecified atom stereocenters. The van der Waals surface area contributed by atoms with Crippen LogP contribution < -0.4 is 9.80 Å². The van der Waals surface area contributed by atoms with Crippen LogP contribution in [0, 0.1) is 20.8 Å². The van der Waals surface area contributed by atoms with Gasteiger partial charge in [0.1, 0.15) is 11.6 Å². The van der Waals surface area contributed by atoms with Crippen molar-refractivity contribution < 1.29 is 0 Å². The van der Waals surface area contributed by atoms with Crippen LogP contribution in [0.3, 0.4) is 0 Å². The number of piperazine rings is 1. The maximum absolute atomic E-state index is 5.21. The van der Waals surface area contributed by atoms with Crippen molar-refractivity contribution in [2.45, 2.75) is 53.5 Å². The summed E-state index contributed by atoms with van der Waals surface area (Å²) >= 11 is 0. The summed E-state index contributed by atoms with van der Waals surface area (Å²) in [6.07, 6.45) is 2.26. The zero-order valence-corrected chi connectivity index (χ0v) is 28.1. The van der Waals surface area contributed by atoms with E-state index in [-0.39, 0.29) is 12.4 Å². The highest BCUT2D eigenvalue weighted by Crippen LogP contribution is 2.32. The highest BCUT2D eigenvalue weighted by Gasteiger charge is 2.25. The number of halogens is 1. The fourth-order valence-corrected chi connectivity index (χ4v) is 6.53. The lowest BCUT2D eigenvalue weighted by atomic mass is 10.1. The maximum Gasteiger partial charge on any atom is 0.170 e. The summed E-state index contributed by atoms with van der Waals surface area (Å²) in [6.45, 7) is 17.3. The first-order valence-corrected chi connectivity index (χ1v) is 16.1. The average Bonchev–Trinajstić information content (AvgIpc) is 3.43. The molecule has 1 atom stereocenters. The number of anilines is 2. The zero-order valence-electron chi connectivity index (χ0n) is 27.3. The predicted octanol–water partition coefficient (Wildman–Crippen LogP) is 7.65. The number of aromatic nitrogens is 4. The van der Waals surface area contributed by atoms with E-state index in [0.29, 0.717) is 6.04 Å². The molecule has 0 aliphatic carbocycles. The molecule has 0 amide bonds. The smallest absolute Gasteiger partial charge is 0.170 e. The van der Waals surface area contributed by atoms with Gasteiger partial charge in [-0.1, -0.05) is 60.7 Å². The van der Waals surface area contributed by atoms with E-state index in [2.05, 4.69) is 114 Å². The van der Waals surface area contributed by atoms with E-state index < -0.39 is 0 Å². The molecule has 6 rings (SSSR count). The van der Waals surface area contributed by atoms with Crippen LogP contribution in [0.1, 0.15) is 43.6 Å². The molecule has 2 aromatic heterocycles. The van der Waals surface area contributed by atoms with Crippen molar-refractivity contribution in [3.05, 3.63) is 95.8 Å². The van der Waals surface area contributed by atoms with E-state index >= 15 is 0 Å². The normalized spacial score (nSPS) is 15.3. The number of unbranched alkanes of at least 4 members (excludes halogenated alkanes) is 1. The van der Waals surface area contributed by atoms with Crippen LogP contribution in [0.4, 0.5) is 11.5 Å². The first kappa shape index (κ1) is 32.5. The monoisotopic (exact) mass is 623 g/mol. The van der Waals surface area contributed by atoms with Gasteiger partial charge < -0.3 is 9.80 Å². The van der Waals surface area contributed by atoms with Crippen LogP contribution in [0.5, 0.6) is 0 Å². The van der Waals surface area contributed by atoms with Gasteiger partial charge in [0.25, 0.3) is 0 Å². The number of hydrogen-bond acceptors (Lipinski definition) is 6. The lowest BCUT2D eigenvalue weighted by molar-refractivity contribution is 0.186. The number of fused-ring (bicyclic) bond motifs is 1. The van der Waals surface area contributed by atoms with E-state index in [1.165, 1.54) is 16.8 Å². The van der Waals surface area contributed by atoms with Gasteiger partial charge in [0, 0.05) is 55.7 Å². The van der Waals surface area contributed by atoms with E-state index in [1.54, 1.807) is 0 Å². The van der Waals surface area contributed by atoms with E-state index in [1.807, 2.05) is 19.1 Å². The van der Waals surface area contributed by atoms with Crippen molar-refractivity contribution in [1.29, 1.82) is 0 Å². The topological polar surface area (TPSA) is 53.3 Å². The van der Waals surface area contributed by atoms with E-state index in [0.717, 1.165) is 92.0 Å². The van der Waals surface area contributed by atoms with Gasteiger partial charge in [-0.15, -0.1) is 12.4 Å². The Morgan fingerprint density at radius 3 is 2.27 bits per heavy atom. The summed E-state index contributed by atoms with van der Waals surface area (Å²) < 4.78 is 2.18. The fourth-order valence-electron chi connectivity index (χ4n) is 6.53. The minimum absolute atomic E-state index is 0. The molecule has 0 bridgehead atoms. The maximum atomic E-state index is 5.21. The molecule has 1 aliphatic rings. The van der Waals surface area contributed by atoms with Crippen LogP contribution in [0.15, 0.2) is 78.9 Å². The van der Waals surface area contributed by atoms with Gasteiger partial charge in [0.2, 0.25) is 0 Å². The molecule has 45 heavy (non-hydrogen) atoms. The Balaban J connectivity index is 0.00000400. The third-order valence-corrected chi connectivity index (χ3v) is 9.13. The van der Waals surface area contributed by atoms with Gasteiger partial charge in [-0.25, -0.2) is 15.0 Å². The molecule has 8 heteroatoms. The molecule has 0 radical (unpaired) electrons. The molecule has 236 valence electrons. The lowest BCUT2D eigenvalue weighted by Gasteiger charge is -2.41. The highest BCUT2D eigenvalue weighted by atomic mass is 35.5. The van der Waals surface area contributed by atoms with Crippen LogP contribution in [0.25, 0.3) is 28.2 Å². The number of hydrogen-bond donors (Lipinski definition) is 0. The summed E-state index contributed by atoms with van der Waals surface area (Å²) in [5.74, 6) is 2.58. The minimum Gasteiger partial charge on any atom is -0.368 e. The van der Waals surface area contributed by atoms with Gasteiger partial charge in [0.05, 0.1) is 0 Å². The van der Waals surface area contributed by atoms with Gasteiger partial charge in [-0.3, -0.25) is 9.47 Å². The second-order valence-corrected chi connectivity index (χ2v) is 12.1. The summed E-state index contributed by atoms with van der Waals surface area (Å²) in [5.41, 5.74) is 8.00. The van der Waals surface area contributed by atoms with Gasteiger partial charge in [-0.05, 0) is 83.3 Å². The summed E-state index contributed by atoms with van der Waals surface area (Å²) in [7, 11) is 0. The molecule has 5 aromatic rings. The Hall–Kier alpha value is -3.94. The third-order valence-electron chi connectivity index (χ3n) is 9.13. The highest BCUT2D eigenvalue weighted by molar-refractivity contribution is 5.89. The number of imidazole rings is 1. The predicted molar refractivity (Wildman–Crippen MR) is 190 cm³/mol. The van der Waals surface area contributed by atoms with Crippen molar-refractivity contribution in [3.8, 4) is 17.1 Å². The molecule has 3 aromatic carbocycles. The molecule has 0 N–H and O–H groups in total.